The summed E-state index contributed by atoms with van der Waals surface area (Å²) >= 11 is 8.12. The smallest absolute Gasteiger partial charge is 0.268 e. The van der Waals surface area contributed by atoms with Gasteiger partial charge in [-0.05, 0) is 36.6 Å². The molecular weight excluding hydrogens is 349 g/mol. The lowest BCUT2D eigenvalue weighted by Gasteiger charge is -2.15. The van der Waals surface area contributed by atoms with Crippen molar-refractivity contribution in [1.82, 2.24) is 0 Å². The molecule has 0 unspecified atom stereocenters. The number of thiocarbonyl (C=S) groups is 1. The van der Waals surface area contributed by atoms with Crippen molar-refractivity contribution in [2.24, 2.45) is 0 Å². The van der Waals surface area contributed by atoms with Gasteiger partial charge in [0.1, 0.15) is 5.82 Å². The lowest BCUT2D eigenvalue weighted by Crippen LogP contribution is -2.27. The minimum Gasteiger partial charge on any atom is -0.268 e. The number of anilines is 1. The van der Waals surface area contributed by atoms with Gasteiger partial charge in [-0.2, -0.15) is 0 Å². The maximum Gasteiger partial charge on any atom is 0.270 e. The van der Waals surface area contributed by atoms with E-state index in [4.69, 9.17) is 12.2 Å². The highest BCUT2D eigenvalue weighted by Gasteiger charge is 2.33. The maximum atomic E-state index is 13.8. The normalized spacial score (nSPS) is 16.4. The summed E-state index contributed by atoms with van der Waals surface area (Å²) in [7, 11) is 0. The average molecular weight is 361 g/mol. The van der Waals surface area contributed by atoms with Gasteiger partial charge in [0, 0.05) is 10.5 Å². The summed E-state index contributed by atoms with van der Waals surface area (Å²) in [5, 5.41) is 0. The zero-order valence-corrected chi connectivity index (χ0v) is 14.6. The van der Waals surface area contributed by atoms with E-state index in [1.165, 1.54) is 22.7 Å². The van der Waals surface area contributed by atoms with Gasteiger partial charge in [-0.25, -0.2) is 4.39 Å². The summed E-state index contributed by atoms with van der Waals surface area (Å²) in [6, 6.07) is 14.0. The number of hydrogen-bond donors (Lipinski definition) is 0. The van der Waals surface area contributed by atoms with Crippen LogP contribution in [0.5, 0.6) is 0 Å². The van der Waals surface area contributed by atoms with Crippen LogP contribution in [0.4, 0.5) is 10.1 Å². The Labute approximate surface area is 147 Å². The van der Waals surface area contributed by atoms with Gasteiger partial charge in [-0.3, -0.25) is 9.69 Å². The van der Waals surface area contributed by atoms with E-state index < -0.39 is 0 Å². The van der Waals surface area contributed by atoms with Gasteiger partial charge in [-0.1, -0.05) is 48.2 Å². The van der Waals surface area contributed by atoms with Crippen LogP contribution in [0, 0.1) is 5.82 Å². The Morgan fingerprint density at radius 1 is 1.22 bits per heavy atom. The molecule has 1 aliphatic heterocycles. The van der Waals surface area contributed by atoms with E-state index in [1.54, 1.807) is 36.0 Å². The molecule has 0 aromatic heterocycles. The topological polar surface area (TPSA) is 20.3 Å². The number of carbonyl (C=O) groups is 1. The van der Waals surface area contributed by atoms with Crippen molar-refractivity contribution >= 4 is 57.7 Å². The van der Waals surface area contributed by atoms with Crippen LogP contribution >= 0.6 is 35.7 Å². The molecule has 2 aromatic rings. The van der Waals surface area contributed by atoms with E-state index in [2.05, 4.69) is 0 Å². The van der Waals surface area contributed by atoms with Gasteiger partial charge in [-0.15, -0.1) is 11.8 Å². The van der Waals surface area contributed by atoms with Crippen molar-refractivity contribution < 1.29 is 9.18 Å². The van der Waals surface area contributed by atoms with E-state index in [0.717, 1.165) is 10.6 Å². The number of hydrogen-bond acceptors (Lipinski definition) is 4. The van der Waals surface area contributed by atoms with E-state index in [9.17, 15) is 9.18 Å². The second-order valence-corrected chi connectivity index (χ2v) is 7.30. The van der Waals surface area contributed by atoms with Crippen molar-refractivity contribution in [3.63, 3.8) is 0 Å². The fourth-order valence-corrected chi connectivity index (χ4v) is 3.92. The Kier molecular flexibility index (Phi) is 4.84. The fourth-order valence-electron chi connectivity index (χ4n) is 2.17. The van der Waals surface area contributed by atoms with Crippen LogP contribution in [-0.2, 0) is 4.79 Å². The molecule has 2 nitrogen and oxygen atoms in total. The first kappa shape index (κ1) is 16.2. The standard InChI is InChI=1S/C17H12FNOS3/c1-22-13-7-4-6-12(10-13)19-16(20)15(23-17(19)21)9-11-5-2-3-8-14(11)18/h2-10H,1H3/b15-9+. The predicted molar refractivity (Wildman–Crippen MR) is 100 cm³/mol. The Hall–Kier alpha value is -1.63. The second kappa shape index (κ2) is 6.86. The predicted octanol–water partition coefficient (Wildman–Crippen LogP) is 4.95. The summed E-state index contributed by atoms with van der Waals surface area (Å²) in [5.41, 5.74) is 1.11. The van der Waals surface area contributed by atoms with Gasteiger partial charge >= 0.3 is 0 Å². The van der Waals surface area contributed by atoms with E-state index in [0.29, 0.717) is 14.8 Å². The van der Waals surface area contributed by atoms with Crippen LogP contribution in [-0.4, -0.2) is 16.5 Å². The van der Waals surface area contributed by atoms with Crippen LogP contribution in [0.25, 0.3) is 6.08 Å². The SMILES string of the molecule is CSc1cccc(N2C(=O)/C(=C\c3ccccc3F)SC2=S)c1. The van der Waals surface area contributed by atoms with E-state index in [1.807, 2.05) is 30.5 Å². The van der Waals surface area contributed by atoms with Crippen molar-refractivity contribution in [2.75, 3.05) is 11.2 Å². The molecule has 0 atom stereocenters. The number of carbonyl (C=O) groups excluding carboxylic acids is 1. The molecule has 0 saturated carbocycles. The van der Waals surface area contributed by atoms with Gasteiger partial charge in [0.2, 0.25) is 0 Å². The number of rotatable bonds is 3. The molecule has 2 aromatic carbocycles. The third kappa shape index (κ3) is 3.34. The van der Waals surface area contributed by atoms with Crippen LogP contribution in [0.2, 0.25) is 0 Å². The molecule has 23 heavy (non-hydrogen) atoms. The zero-order valence-electron chi connectivity index (χ0n) is 12.2. The molecule has 0 N–H and O–H groups in total. The monoisotopic (exact) mass is 361 g/mol. The van der Waals surface area contributed by atoms with Gasteiger partial charge in [0.25, 0.3) is 5.91 Å². The minimum atomic E-state index is -0.359. The van der Waals surface area contributed by atoms with Crippen LogP contribution in [0.1, 0.15) is 5.56 Å². The maximum absolute atomic E-state index is 13.8. The molecule has 1 fully saturated rings. The van der Waals surface area contributed by atoms with Crippen molar-refractivity contribution in [1.29, 1.82) is 0 Å². The fraction of sp³-hybridized carbons (Fsp3) is 0.0588. The van der Waals surface area contributed by atoms with Gasteiger partial charge in [0.05, 0.1) is 10.6 Å². The van der Waals surface area contributed by atoms with Crippen LogP contribution in [0.3, 0.4) is 0 Å². The van der Waals surface area contributed by atoms with E-state index in [-0.39, 0.29) is 11.7 Å². The number of nitrogens with zero attached hydrogens (tertiary/aromatic N) is 1. The summed E-state index contributed by atoms with van der Waals surface area (Å²) < 4.78 is 14.2. The van der Waals surface area contributed by atoms with Crippen LogP contribution < -0.4 is 4.90 Å². The summed E-state index contributed by atoms with van der Waals surface area (Å²) in [6.45, 7) is 0. The summed E-state index contributed by atoms with van der Waals surface area (Å²) in [6.07, 6.45) is 3.52. The molecule has 1 saturated heterocycles. The lowest BCUT2D eigenvalue weighted by molar-refractivity contribution is -0.113. The Morgan fingerprint density at radius 2 is 2.00 bits per heavy atom. The Bertz CT molecular complexity index is 819. The first-order chi connectivity index (χ1) is 11.1. The molecule has 0 radical (unpaired) electrons. The number of thioether (sulfide) groups is 2. The molecule has 0 bridgehead atoms. The molecule has 0 spiro atoms. The minimum absolute atomic E-state index is 0.221. The zero-order chi connectivity index (χ0) is 16.4. The molecule has 1 aliphatic rings. The number of benzene rings is 2. The Balaban J connectivity index is 1.95. The number of halogens is 1. The average Bonchev–Trinajstić information content (AvgIpc) is 2.83. The van der Waals surface area contributed by atoms with E-state index >= 15 is 0 Å². The van der Waals surface area contributed by atoms with Crippen LogP contribution in [0.15, 0.2) is 58.3 Å². The summed E-state index contributed by atoms with van der Waals surface area (Å²) in [4.78, 5) is 15.6. The van der Waals surface area contributed by atoms with Gasteiger partial charge < -0.3 is 0 Å². The molecular formula is C17H12FNOS3. The molecule has 116 valence electrons. The third-order valence-electron chi connectivity index (χ3n) is 3.30. The second-order valence-electron chi connectivity index (χ2n) is 4.74. The van der Waals surface area contributed by atoms with Gasteiger partial charge in [0.15, 0.2) is 4.32 Å². The molecule has 3 rings (SSSR count). The number of amides is 1. The summed E-state index contributed by atoms with van der Waals surface area (Å²) in [5.74, 6) is -0.580. The highest BCUT2D eigenvalue weighted by atomic mass is 32.2. The highest BCUT2D eigenvalue weighted by Crippen LogP contribution is 2.37. The largest absolute Gasteiger partial charge is 0.270 e. The quantitative estimate of drug-likeness (QED) is 0.437. The lowest BCUT2D eigenvalue weighted by atomic mass is 10.2. The van der Waals surface area contributed by atoms with Crippen molar-refractivity contribution in [3.8, 4) is 0 Å². The van der Waals surface area contributed by atoms with Crippen molar-refractivity contribution in [2.45, 2.75) is 4.90 Å². The Morgan fingerprint density at radius 3 is 2.74 bits per heavy atom. The molecule has 1 heterocycles. The molecule has 6 heteroatoms. The molecule has 1 amide bonds. The first-order valence-electron chi connectivity index (χ1n) is 6.76. The highest BCUT2D eigenvalue weighted by molar-refractivity contribution is 8.27. The first-order valence-corrected chi connectivity index (χ1v) is 9.21. The third-order valence-corrected chi connectivity index (χ3v) is 5.32. The molecule has 0 aliphatic carbocycles. The van der Waals surface area contributed by atoms with Crippen molar-refractivity contribution in [3.05, 3.63) is 64.8 Å².